The number of hydrogen-bond donors (Lipinski definition) is 1. The first-order chi connectivity index (χ1) is 10.1. The van der Waals surface area contributed by atoms with E-state index in [2.05, 4.69) is 43.9 Å². The van der Waals surface area contributed by atoms with Gasteiger partial charge in [-0.1, -0.05) is 41.2 Å². The third kappa shape index (κ3) is 4.37. The molecule has 0 spiro atoms. The van der Waals surface area contributed by atoms with E-state index in [4.69, 9.17) is 10.5 Å². The second kappa shape index (κ2) is 6.97. The first-order valence-electron chi connectivity index (χ1n) is 7.08. The standard InChI is InChI=1S/C19H21NO/c1-14-9-15(2)11-18(10-14)13-21-19-7-6-17(5-4-8-20)12-16(19)3/h6-7,9-12H,8,13,20H2,1-3H3. The molecule has 21 heavy (non-hydrogen) atoms. The SMILES string of the molecule is Cc1cc(C)cc(COc2ccc(C#CCN)cc2C)c1. The zero-order valence-corrected chi connectivity index (χ0v) is 12.9. The molecule has 2 N–H and O–H groups in total. The Labute approximate surface area is 126 Å². The molecular weight excluding hydrogens is 258 g/mol. The molecule has 0 bridgehead atoms. The van der Waals surface area contributed by atoms with Crippen molar-refractivity contribution in [2.24, 2.45) is 5.73 Å². The molecule has 0 amide bonds. The van der Waals surface area contributed by atoms with Crippen LogP contribution in [-0.2, 0) is 6.61 Å². The average Bonchev–Trinajstić information content (AvgIpc) is 2.43. The molecule has 0 aromatic heterocycles. The molecule has 0 atom stereocenters. The highest BCUT2D eigenvalue weighted by atomic mass is 16.5. The van der Waals surface area contributed by atoms with Crippen molar-refractivity contribution >= 4 is 0 Å². The number of benzene rings is 2. The van der Waals surface area contributed by atoms with Crippen molar-refractivity contribution in [3.63, 3.8) is 0 Å². The Bertz CT molecular complexity index is 672. The fourth-order valence-electron chi connectivity index (χ4n) is 2.36. The van der Waals surface area contributed by atoms with E-state index in [0.29, 0.717) is 13.2 Å². The highest BCUT2D eigenvalue weighted by Gasteiger charge is 2.02. The summed E-state index contributed by atoms with van der Waals surface area (Å²) in [5.41, 5.74) is 11.2. The lowest BCUT2D eigenvalue weighted by atomic mass is 10.1. The predicted molar refractivity (Wildman–Crippen MR) is 87.4 cm³/mol. The van der Waals surface area contributed by atoms with Gasteiger partial charge in [0.2, 0.25) is 0 Å². The Hall–Kier alpha value is -2.24. The maximum atomic E-state index is 5.92. The fraction of sp³-hybridized carbons (Fsp3) is 0.263. The molecule has 2 aromatic rings. The molecule has 0 heterocycles. The lowest BCUT2D eigenvalue weighted by molar-refractivity contribution is 0.304. The van der Waals surface area contributed by atoms with Crippen LogP contribution in [0.4, 0.5) is 0 Å². The zero-order valence-electron chi connectivity index (χ0n) is 12.9. The molecule has 0 saturated heterocycles. The van der Waals surface area contributed by atoms with Crippen molar-refractivity contribution in [3.8, 4) is 17.6 Å². The van der Waals surface area contributed by atoms with Crippen LogP contribution in [0.15, 0.2) is 36.4 Å². The van der Waals surface area contributed by atoms with Gasteiger partial charge in [-0.25, -0.2) is 0 Å². The molecule has 0 fully saturated rings. The molecule has 2 rings (SSSR count). The zero-order chi connectivity index (χ0) is 15.2. The molecule has 0 aliphatic rings. The minimum Gasteiger partial charge on any atom is -0.489 e. The van der Waals surface area contributed by atoms with Gasteiger partial charge in [0.15, 0.2) is 0 Å². The van der Waals surface area contributed by atoms with Gasteiger partial charge in [-0.2, -0.15) is 0 Å². The quantitative estimate of drug-likeness (QED) is 0.873. The minimum atomic E-state index is 0.379. The van der Waals surface area contributed by atoms with Crippen LogP contribution in [-0.4, -0.2) is 6.54 Å². The third-order valence-electron chi connectivity index (χ3n) is 3.19. The Morgan fingerprint density at radius 3 is 2.33 bits per heavy atom. The van der Waals surface area contributed by atoms with Crippen LogP contribution in [0.5, 0.6) is 5.75 Å². The van der Waals surface area contributed by atoms with Crippen LogP contribution in [0.25, 0.3) is 0 Å². The normalized spacial score (nSPS) is 9.90. The van der Waals surface area contributed by atoms with E-state index in [-0.39, 0.29) is 0 Å². The van der Waals surface area contributed by atoms with Crippen molar-refractivity contribution in [1.29, 1.82) is 0 Å². The Balaban J connectivity index is 2.09. The lowest BCUT2D eigenvalue weighted by Crippen LogP contribution is -1.98. The summed E-state index contributed by atoms with van der Waals surface area (Å²) in [5, 5.41) is 0. The lowest BCUT2D eigenvalue weighted by Gasteiger charge is -2.10. The van der Waals surface area contributed by atoms with Crippen LogP contribution < -0.4 is 10.5 Å². The van der Waals surface area contributed by atoms with Crippen LogP contribution >= 0.6 is 0 Å². The molecule has 0 unspecified atom stereocenters. The van der Waals surface area contributed by atoms with Gasteiger partial charge in [0, 0.05) is 5.56 Å². The van der Waals surface area contributed by atoms with Gasteiger partial charge in [0.1, 0.15) is 12.4 Å². The van der Waals surface area contributed by atoms with E-state index in [9.17, 15) is 0 Å². The number of rotatable bonds is 3. The van der Waals surface area contributed by atoms with Crippen molar-refractivity contribution < 1.29 is 4.74 Å². The molecule has 0 radical (unpaired) electrons. The van der Waals surface area contributed by atoms with Gasteiger partial charge in [0.05, 0.1) is 6.54 Å². The van der Waals surface area contributed by atoms with Gasteiger partial charge in [-0.05, 0) is 50.1 Å². The molecule has 0 saturated carbocycles. The summed E-state index contributed by atoms with van der Waals surface area (Å²) in [6, 6.07) is 12.4. The molecule has 108 valence electrons. The highest BCUT2D eigenvalue weighted by molar-refractivity contribution is 5.43. The number of ether oxygens (including phenoxy) is 1. The van der Waals surface area contributed by atoms with Crippen LogP contribution in [0, 0.1) is 32.6 Å². The largest absolute Gasteiger partial charge is 0.489 e. The minimum absolute atomic E-state index is 0.379. The first-order valence-corrected chi connectivity index (χ1v) is 7.08. The summed E-state index contributed by atoms with van der Waals surface area (Å²) >= 11 is 0. The number of nitrogens with two attached hydrogens (primary N) is 1. The van der Waals surface area contributed by atoms with Crippen molar-refractivity contribution in [2.75, 3.05) is 6.54 Å². The van der Waals surface area contributed by atoms with Gasteiger partial charge < -0.3 is 10.5 Å². The van der Waals surface area contributed by atoms with Gasteiger partial charge in [-0.3, -0.25) is 0 Å². The maximum absolute atomic E-state index is 5.92. The smallest absolute Gasteiger partial charge is 0.122 e. The summed E-state index contributed by atoms with van der Waals surface area (Å²) in [6.07, 6.45) is 0. The summed E-state index contributed by atoms with van der Waals surface area (Å²) in [6.45, 7) is 7.20. The highest BCUT2D eigenvalue weighted by Crippen LogP contribution is 2.20. The fourth-order valence-corrected chi connectivity index (χ4v) is 2.36. The van der Waals surface area contributed by atoms with E-state index in [1.807, 2.05) is 25.1 Å². The molecule has 2 heteroatoms. The Kier molecular flexibility index (Phi) is 5.03. The molecule has 2 nitrogen and oxygen atoms in total. The molecule has 0 aliphatic heterocycles. The van der Waals surface area contributed by atoms with Crippen LogP contribution in [0.3, 0.4) is 0 Å². The number of aryl methyl sites for hydroxylation is 3. The summed E-state index contributed by atoms with van der Waals surface area (Å²) in [5.74, 6) is 6.78. The second-order valence-electron chi connectivity index (χ2n) is 5.27. The third-order valence-corrected chi connectivity index (χ3v) is 3.19. The van der Waals surface area contributed by atoms with E-state index >= 15 is 0 Å². The van der Waals surface area contributed by atoms with Gasteiger partial charge in [0.25, 0.3) is 0 Å². The Morgan fingerprint density at radius 2 is 1.71 bits per heavy atom. The molecule has 0 aliphatic carbocycles. The summed E-state index contributed by atoms with van der Waals surface area (Å²) < 4.78 is 5.92. The van der Waals surface area contributed by atoms with Gasteiger partial charge >= 0.3 is 0 Å². The van der Waals surface area contributed by atoms with E-state index in [0.717, 1.165) is 16.9 Å². The van der Waals surface area contributed by atoms with E-state index in [1.165, 1.54) is 16.7 Å². The average molecular weight is 279 g/mol. The summed E-state index contributed by atoms with van der Waals surface area (Å²) in [4.78, 5) is 0. The molecule has 2 aromatic carbocycles. The van der Waals surface area contributed by atoms with E-state index < -0.39 is 0 Å². The number of hydrogen-bond acceptors (Lipinski definition) is 2. The van der Waals surface area contributed by atoms with Crippen LogP contribution in [0.1, 0.15) is 27.8 Å². The van der Waals surface area contributed by atoms with E-state index in [1.54, 1.807) is 0 Å². The Morgan fingerprint density at radius 1 is 1.00 bits per heavy atom. The van der Waals surface area contributed by atoms with Gasteiger partial charge in [-0.15, -0.1) is 0 Å². The topological polar surface area (TPSA) is 35.2 Å². The predicted octanol–water partition coefficient (Wildman–Crippen LogP) is 3.50. The van der Waals surface area contributed by atoms with Crippen molar-refractivity contribution in [1.82, 2.24) is 0 Å². The molecular formula is C19H21NO. The van der Waals surface area contributed by atoms with Crippen LogP contribution in [0.2, 0.25) is 0 Å². The maximum Gasteiger partial charge on any atom is 0.122 e. The summed E-state index contributed by atoms with van der Waals surface area (Å²) in [7, 11) is 0. The first kappa shape index (κ1) is 15.2. The monoisotopic (exact) mass is 279 g/mol. The van der Waals surface area contributed by atoms with Crippen molar-refractivity contribution in [2.45, 2.75) is 27.4 Å². The second-order valence-corrected chi connectivity index (χ2v) is 5.27. The van der Waals surface area contributed by atoms with Crippen molar-refractivity contribution in [3.05, 3.63) is 64.2 Å².